The van der Waals surface area contributed by atoms with Crippen molar-refractivity contribution in [2.45, 2.75) is 51.4 Å². The average Bonchev–Trinajstić information content (AvgIpc) is 2.74. The zero-order valence-electron chi connectivity index (χ0n) is 17.6. The van der Waals surface area contributed by atoms with E-state index in [0.29, 0.717) is 5.11 Å². The molecule has 0 spiro atoms. The first-order chi connectivity index (χ1) is 14.7. The van der Waals surface area contributed by atoms with Gasteiger partial charge in [-0.1, -0.05) is 0 Å². The molecule has 4 aliphatic rings. The molecule has 4 nitrogen and oxygen atoms in total. The Morgan fingerprint density at radius 1 is 0.600 bits per heavy atom. The van der Waals surface area contributed by atoms with E-state index < -0.39 is 0 Å². The number of nitrogens with zero attached hydrogens (tertiary/aromatic N) is 2. The van der Waals surface area contributed by atoms with E-state index >= 15 is 0 Å². The lowest BCUT2D eigenvalue weighted by Gasteiger charge is -2.37. The van der Waals surface area contributed by atoms with Crippen LogP contribution in [0, 0.1) is 0 Å². The van der Waals surface area contributed by atoms with E-state index in [1.165, 1.54) is 111 Å². The van der Waals surface area contributed by atoms with E-state index in [1.807, 2.05) is 0 Å². The molecule has 5 heteroatoms. The zero-order valence-corrected chi connectivity index (χ0v) is 18.4. The summed E-state index contributed by atoms with van der Waals surface area (Å²) in [5.74, 6) is 0. The molecule has 4 heterocycles. The van der Waals surface area contributed by atoms with E-state index in [9.17, 15) is 0 Å². The fraction of sp³-hybridized carbons (Fsp3) is 0.480. The summed E-state index contributed by atoms with van der Waals surface area (Å²) in [7, 11) is 0. The van der Waals surface area contributed by atoms with Crippen molar-refractivity contribution >= 4 is 40.1 Å². The highest BCUT2D eigenvalue weighted by Gasteiger charge is 2.25. The molecule has 2 aromatic rings. The number of hydrogen-bond acceptors (Lipinski definition) is 3. The van der Waals surface area contributed by atoms with E-state index in [4.69, 9.17) is 12.2 Å². The van der Waals surface area contributed by atoms with E-state index in [2.05, 4.69) is 44.7 Å². The molecule has 0 atom stereocenters. The van der Waals surface area contributed by atoms with Crippen LogP contribution in [-0.2, 0) is 25.7 Å². The van der Waals surface area contributed by atoms with Crippen LogP contribution in [0.3, 0.4) is 0 Å². The van der Waals surface area contributed by atoms with E-state index in [0.717, 1.165) is 11.4 Å². The molecule has 0 fully saturated rings. The fourth-order valence-corrected chi connectivity index (χ4v) is 6.28. The SMILES string of the molecule is S=C(Nc1cc2c3c(c1)CCCN3CCC2)Nc1cc2c3c(c1)CCCN3CCC2. The molecule has 6 rings (SSSR count). The van der Waals surface area contributed by atoms with Crippen LogP contribution < -0.4 is 20.4 Å². The van der Waals surface area contributed by atoms with Gasteiger partial charge in [0.05, 0.1) is 0 Å². The molecule has 156 valence electrons. The highest BCUT2D eigenvalue weighted by atomic mass is 32.1. The molecule has 0 saturated carbocycles. The minimum atomic E-state index is 0.696. The summed E-state index contributed by atoms with van der Waals surface area (Å²) < 4.78 is 0. The fourth-order valence-electron chi connectivity index (χ4n) is 6.04. The maximum absolute atomic E-state index is 5.72. The van der Waals surface area contributed by atoms with Gasteiger partial charge in [-0.25, -0.2) is 0 Å². The number of benzene rings is 2. The monoisotopic (exact) mass is 418 g/mol. The van der Waals surface area contributed by atoms with Crippen LogP contribution >= 0.6 is 12.2 Å². The van der Waals surface area contributed by atoms with Crippen LogP contribution in [0.4, 0.5) is 22.7 Å². The molecule has 0 unspecified atom stereocenters. The van der Waals surface area contributed by atoms with Gasteiger partial charge in [-0.15, -0.1) is 0 Å². The van der Waals surface area contributed by atoms with E-state index in [1.54, 1.807) is 0 Å². The third-order valence-electron chi connectivity index (χ3n) is 7.18. The quantitative estimate of drug-likeness (QED) is 0.678. The predicted octanol–water partition coefficient (Wildman–Crippen LogP) is 4.89. The van der Waals surface area contributed by atoms with Crippen molar-refractivity contribution in [3.05, 3.63) is 46.5 Å². The number of thiocarbonyl (C=S) groups is 1. The van der Waals surface area contributed by atoms with Crippen molar-refractivity contribution in [3.63, 3.8) is 0 Å². The summed E-state index contributed by atoms with van der Waals surface area (Å²) in [5.41, 5.74) is 11.2. The molecular formula is C25H30N4S. The lowest BCUT2D eigenvalue weighted by molar-refractivity contribution is 0.634. The molecule has 0 aromatic heterocycles. The lowest BCUT2D eigenvalue weighted by Crippen LogP contribution is -2.34. The largest absolute Gasteiger partial charge is 0.371 e. The molecular weight excluding hydrogens is 388 g/mol. The lowest BCUT2D eigenvalue weighted by atomic mass is 9.91. The van der Waals surface area contributed by atoms with Crippen molar-refractivity contribution < 1.29 is 0 Å². The van der Waals surface area contributed by atoms with Crippen LogP contribution in [0.1, 0.15) is 47.9 Å². The van der Waals surface area contributed by atoms with Gasteiger partial charge in [-0.2, -0.15) is 0 Å². The molecule has 0 aliphatic carbocycles. The molecule has 2 aromatic carbocycles. The Morgan fingerprint density at radius 3 is 1.27 bits per heavy atom. The minimum absolute atomic E-state index is 0.696. The molecule has 0 saturated heterocycles. The highest BCUT2D eigenvalue weighted by molar-refractivity contribution is 7.80. The van der Waals surface area contributed by atoms with Crippen molar-refractivity contribution in [2.24, 2.45) is 0 Å². The maximum atomic E-state index is 5.72. The van der Waals surface area contributed by atoms with Crippen molar-refractivity contribution in [1.29, 1.82) is 0 Å². The van der Waals surface area contributed by atoms with Gasteiger partial charge >= 0.3 is 0 Å². The standard InChI is InChI=1S/C25H30N4S/c30-25(26-21-13-17-5-1-9-28-10-2-6-18(14-21)23(17)28)27-22-15-19-7-3-11-29-12-4-8-20(16-22)24(19)29/h13-16H,1-12H2,(H2,26,27,30). The van der Waals surface area contributed by atoms with Gasteiger partial charge in [0, 0.05) is 48.9 Å². The molecule has 4 aliphatic heterocycles. The second kappa shape index (κ2) is 7.45. The zero-order chi connectivity index (χ0) is 20.1. The summed E-state index contributed by atoms with van der Waals surface area (Å²) in [4.78, 5) is 5.17. The Hall–Kier alpha value is -2.27. The van der Waals surface area contributed by atoms with Crippen LogP contribution in [-0.4, -0.2) is 31.3 Å². The Kier molecular flexibility index (Phi) is 4.59. The molecule has 2 N–H and O–H groups in total. The predicted molar refractivity (Wildman–Crippen MR) is 130 cm³/mol. The number of nitrogens with one attached hydrogen (secondary N) is 2. The molecule has 0 bridgehead atoms. The summed E-state index contributed by atoms with van der Waals surface area (Å²) >= 11 is 5.72. The topological polar surface area (TPSA) is 30.5 Å². The average molecular weight is 419 g/mol. The first-order valence-corrected chi connectivity index (χ1v) is 12.0. The van der Waals surface area contributed by atoms with Crippen molar-refractivity contribution in [3.8, 4) is 0 Å². The van der Waals surface area contributed by atoms with Gasteiger partial charge in [0.2, 0.25) is 0 Å². The van der Waals surface area contributed by atoms with Crippen LogP contribution in [0.15, 0.2) is 24.3 Å². The molecule has 0 radical (unpaired) electrons. The van der Waals surface area contributed by atoms with Crippen LogP contribution in [0.5, 0.6) is 0 Å². The van der Waals surface area contributed by atoms with Crippen LogP contribution in [0.2, 0.25) is 0 Å². The molecule has 0 amide bonds. The van der Waals surface area contributed by atoms with Gasteiger partial charge in [0.15, 0.2) is 5.11 Å². The Bertz CT molecular complexity index is 873. The number of aryl methyl sites for hydroxylation is 4. The van der Waals surface area contributed by atoms with Crippen molar-refractivity contribution in [2.75, 3.05) is 46.6 Å². The van der Waals surface area contributed by atoms with Crippen LogP contribution in [0.25, 0.3) is 0 Å². The maximum Gasteiger partial charge on any atom is 0.175 e. The van der Waals surface area contributed by atoms with Gasteiger partial charge < -0.3 is 20.4 Å². The van der Waals surface area contributed by atoms with Gasteiger partial charge in [-0.05, 0) is 110 Å². The second-order valence-corrected chi connectivity index (χ2v) is 9.66. The third kappa shape index (κ3) is 3.24. The minimum Gasteiger partial charge on any atom is -0.371 e. The van der Waals surface area contributed by atoms with Gasteiger partial charge in [-0.3, -0.25) is 0 Å². The highest BCUT2D eigenvalue weighted by Crippen LogP contribution is 2.39. The Balaban J connectivity index is 1.23. The Morgan fingerprint density at radius 2 is 0.933 bits per heavy atom. The molecule has 30 heavy (non-hydrogen) atoms. The summed E-state index contributed by atoms with van der Waals surface area (Å²) in [5, 5.41) is 7.67. The summed E-state index contributed by atoms with van der Waals surface area (Å²) in [6.45, 7) is 4.85. The second-order valence-electron chi connectivity index (χ2n) is 9.25. The smallest absolute Gasteiger partial charge is 0.175 e. The number of rotatable bonds is 2. The van der Waals surface area contributed by atoms with Gasteiger partial charge in [0.1, 0.15) is 0 Å². The van der Waals surface area contributed by atoms with Crippen molar-refractivity contribution in [1.82, 2.24) is 0 Å². The number of anilines is 4. The van der Waals surface area contributed by atoms with Gasteiger partial charge in [0.25, 0.3) is 0 Å². The third-order valence-corrected chi connectivity index (χ3v) is 7.38. The Labute approximate surface area is 184 Å². The normalized spacial score (nSPS) is 19.1. The number of hydrogen-bond donors (Lipinski definition) is 2. The first kappa shape index (κ1) is 18.5. The summed E-state index contributed by atoms with van der Waals surface area (Å²) in [6.07, 6.45) is 9.75. The van der Waals surface area contributed by atoms with E-state index in [-0.39, 0.29) is 0 Å². The summed E-state index contributed by atoms with van der Waals surface area (Å²) in [6, 6.07) is 9.27. The first-order valence-electron chi connectivity index (χ1n) is 11.6.